The molecule has 0 aliphatic carbocycles. The van der Waals surface area contributed by atoms with Crippen LogP contribution in [0.4, 0.5) is 11.4 Å². The summed E-state index contributed by atoms with van der Waals surface area (Å²) < 4.78 is 0. The van der Waals surface area contributed by atoms with Gasteiger partial charge in [0.05, 0.1) is 0 Å². The zero-order valence-corrected chi connectivity index (χ0v) is 14.2. The predicted octanol–water partition coefficient (Wildman–Crippen LogP) is 4.75. The maximum atomic E-state index is 2.37. The SMILES string of the molecule is CCN(CC)c1cccc(Sc2ccc(N(C)C)cc2)c1. The number of rotatable bonds is 6. The average Bonchev–Trinajstić information content (AvgIpc) is 2.49. The summed E-state index contributed by atoms with van der Waals surface area (Å²) in [4.78, 5) is 7.06. The maximum absolute atomic E-state index is 2.37. The molecule has 2 aromatic rings. The van der Waals surface area contributed by atoms with Gasteiger partial charge >= 0.3 is 0 Å². The first-order valence-electron chi connectivity index (χ1n) is 7.44. The Morgan fingerprint density at radius 2 is 1.48 bits per heavy atom. The molecule has 2 nitrogen and oxygen atoms in total. The largest absolute Gasteiger partial charge is 0.378 e. The summed E-state index contributed by atoms with van der Waals surface area (Å²) >= 11 is 1.82. The average molecular weight is 300 g/mol. The lowest BCUT2D eigenvalue weighted by Crippen LogP contribution is -2.21. The van der Waals surface area contributed by atoms with Crippen LogP contribution in [0.25, 0.3) is 0 Å². The zero-order chi connectivity index (χ0) is 15.2. The Hall–Kier alpha value is -1.61. The van der Waals surface area contributed by atoms with Gasteiger partial charge in [0.2, 0.25) is 0 Å². The Morgan fingerprint density at radius 3 is 2.05 bits per heavy atom. The second kappa shape index (κ2) is 7.41. The second-order valence-corrected chi connectivity index (χ2v) is 6.31. The van der Waals surface area contributed by atoms with Crippen molar-refractivity contribution in [3.05, 3.63) is 48.5 Å². The van der Waals surface area contributed by atoms with Crippen LogP contribution >= 0.6 is 11.8 Å². The van der Waals surface area contributed by atoms with Crippen molar-refractivity contribution in [1.82, 2.24) is 0 Å². The lowest BCUT2D eigenvalue weighted by molar-refractivity contribution is 0.864. The molecule has 0 aliphatic heterocycles. The maximum Gasteiger partial charge on any atom is 0.0377 e. The van der Waals surface area contributed by atoms with Crippen molar-refractivity contribution in [3.63, 3.8) is 0 Å². The number of hydrogen-bond donors (Lipinski definition) is 0. The first kappa shape index (κ1) is 15.8. The molecule has 0 aliphatic rings. The van der Waals surface area contributed by atoms with E-state index in [9.17, 15) is 0 Å². The van der Waals surface area contributed by atoms with Gasteiger partial charge in [-0.2, -0.15) is 0 Å². The molecule has 21 heavy (non-hydrogen) atoms. The topological polar surface area (TPSA) is 6.48 Å². The number of anilines is 2. The van der Waals surface area contributed by atoms with E-state index in [1.807, 2.05) is 11.8 Å². The van der Waals surface area contributed by atoms with E-state index < -0.39 is 0 Å². The van der Waals surface area contributed by atoms with Gasteiger partial charge in [-0.25, -0.2) is 0 Å². The number of benzene rings is 2. The van der Waals surface area contributed by atoms with Crippen molar-refractivity contribution >= 4 is 23.1 Å². The Balaban J connectivity index is 2.14. The second-order valence-electron chi connectivity index (χ2n) is 5.16. The smallest absolute Gasteiger partial charge is 0.0377 e. The van der Waals surface area contributed by atoms with Crippen LogP contribution in [0.3, 0.4) is 0 Å². The van der Waals surface area contributed by atoms with Crippen molar-refractivity contribution in [2.24, 2.45) is 0 Å². The van der Waals surface area contributed by atoms with Gasteiger partial charge < -0.3 is 9.80 Å². The van der Waals surface area contributed by atoms with Gasteiger partial charge in [-0.3, -0.25) is 0 Å². The van der Waals surface area contributed by atoms with Gasteiger partial charge in [0.25, 0.3) is 0 Å². The van der Waals surface area contributed by atoms with Crippen molar-refractivity contribution < 1.29 is 0 Å². The molecule has 0 bridgehead atoms. The van der Waals surface area contributed by atoms with Crippen LogP contribution in [-0.2, 0) is 0 Å². The Morgan fingerprint density at radius 1 is 0.810 bits per heavy atom. The highest BCUT2D eigenvalue weighted by molar-refractivity contribution is 7.99. The summed E-state index contributed by atoms with van der Waals surface area (Å²) in [5.41, 5.74) is 2.53. The number of nitrogens with zero attached hydrogens (tertiary/aromatic N) is 2. The molecular weight excluding hydrogens is 276 g/mol. The molecule has 0 radical (unpaired) electrons. The lowest BCUT2D eigenvalue weighted by atomic mass is 10.3. The van der Waals surface area contributed by atoms with E-state index in [0.29, 0.717) is 0 Å². The lowest BCUT2D eigenvalue weighted by Gasteiger charge is -2.21. The van der Waals surface area contributed by atoms with Gasteiger partial charge in [-0.15, -0.1) is 0 Å². The molecule has 112 valence electrons. The minimum absolute atomic E-state index is 1.04. The quantitative estimate of drug-likeness (QED) is 0.760. The highest BCUT2D eigenvalue weighted by atomic mass is 32.2. The van der Waals surface area contributed by atoms with Gasteiger partial charge in [0.1, 0.15) is 0 Å². The third-order valence-electron chi connectivity index (χ3n) is 3.54. The van der Waals surface area contributed by atoms with Crippen LogP contribution in [0.5, 0.6) is 0 Å². The molecule has 0 N–H and O–H groups in total. The van der Waals surface area contributed by atoms with E-state index in [-0.39, 0.29) is 0 Å². The van der Waals surface area contributed by atoms with Crippen LogP contribution in [0, 0.1) is 0 Å². The van der Waals surface area contributed by atoms with Crippen LogP contribution < -0.4 is 9.80 Å². The zero-order valence-electron chi connectivity index (χ0n) is 13.3. The van der Waals surface area contributed by atoms with E-state index in [4.69, 9.17) is 0 Å². The summed E-state index contributed by atoms with van der Waals surface area (Å²) in [6.45, 7) is 6.48. The summed E-state index contributed by atoms with van der Waals surface area (Å²) in [5, 5.41) is 0. The van der Waals surface area contributed by atoms with Crippen LogP contribution in [0.2, 0.25) is 0 Å². The third-order valence-corrected chi connectivity index (χ3v) is 4.53. The van der Waals surface area contributed by atoms with E-state index in [0.717, 1.165) is 13.1 Å². The van der Waals surface area contributed by atoms with E-state index >= 15 is 0 Å². The monoisotopic (exact) mass is 300 g/mol. The standard InChI is InChI=1S/C18H24N2S/c1-5-20(6-2)16-8-7-9-18(14-16)21-17-12-10-15(11-13-17)19(3)4/h7-14H,5-6H2,1-4H3. The third kappa shape index (κ3) is 4.18. The van der Waals surface area contributed by atoms with Gasteiger partial charge in [-0.05, 0) is 56.3 Å². The van der Waals surface area contributed by atoms with E-state index in [1.165, 1.54) is 21.2 Å². The molecule has 0 saturated carbocycles. The van der Waals surface area contributed by atoms with E-state index in [2.05, 4.69) is 86.3 Å². The Bertz CT molecular complexity index is 560. The molecule has 2 rings (SSSR count). The highest BCUT2D eigenvalue weighted by Gasteiger charge is 2.04. The predicted molar refractivity (Wildman–Crippen MR) is 94.9 cm³/mol. The first-order chi connectivity index (χ1) is 10.1. The molecular formula is C18H24N2S. The number of hydrogen-bond acceptors (Lipinski definition) is 3. The summed E-state index contributed by atoms with van der Waals surface area (Å²) in [7, 11) is 4.13. The normalized spacial score (nSPS) is 10.5. The fourth-order valence-corrected chi connectivity index (χ4v) is 3.15. The van der Waals surface area contributed by atoms with Crippen LogP contribution in [0.15, 0.2) is 58.3 Å². The molecule has 0 fully saturated rings. The highest BCUT2D eigenvalue weighted by Crippen LogP contribution is 2.31. The molecule has 0 spiro atoms. The van der Waals surface area contributed by atoms with Crippen molar-refractivity contribution in [1.29, 1.82) is 0 Å². The van der Waals surface area contributed by atoms with E-state index in [1.54, 1.807) is 0 Å². The van der Waals surface area contributed by atoms with Crippen LogP contribution in [-0.4, -0.2) is 27.2 Å². The molecule has 2 aromatic carbocycles. The minimum Gasteiger partial charge on any atom is -0.378 e. The summed E-state index contributed by atoms with van der Waals surface area (Å²) in [5.74, 6) is 0. The molecule has 0 aromatic heterocycles. The van der Waals surface area contributed by atoms with Gasteiger partial charge in [-0.1, -0.05) is 17.8 Å². The van der Waals surface area contributed by atoms with Gasteiger partial charge in [0, 0.05) is 48.4 Å². The van der Waals surface area contributed by atoms with Crippen molar-refractivity contribution in [2.75, 3.05) is 37.0 Å². The fraction of sp³-hybridized carbons (Fsp3) is 0.333. The Labute approximate surface area is 132 Å². The van der Waals surface area contributed by atoms with Crippen molar-refractivity contribution in [2.45, 2.75) is 23.6 Å². The molecule has 0 unspecified atom stereocenters. The molecule has 0 atom stereocenters. The first-order valence-corrected chi connectivity index (χ1v) is 8.26. The Kier molecular flexibility index (Phi) is 5.57. The molecule has 0 heterocycles. The van der Waals surface area contributed by atoms with Crippen molar-refractivity contribution in [3.8, 4) is 0 Å². The summed E-state index contributed by atoms with van der Waals surface area (Å²) in [6.07, 6.45) is 0. The fourth-order valence-electron chi connectivity index (χ4n) is 2.28. The molecule has 0 saturated heterocycles. The minimum atomic E-state index is 1.04. The molecule has 0 amide bonds. The summed E-state index contributed by atoms with van der Waals surface area (Å²) in [6, 6.07) is 17.5. The van der Waals surface area contributed by atoms with Gasteiger partial charge in [0.15, 0.2) is 0 Å². The molecule has 3 heteroatoms. The van der Waals surface area contributed by atoms with Crippen LogP contribution in [0.1, 0.15) is 13.8 Å².